The van der Waals surface area contributed by atoms with Gasteiger partial charge in [-0.1, -0.05) is 20.3 Å². The van der Waals surface area contributed by atoms with Gasteiger partial charge in [0, 0.05) is 0 Å². The summed E-state index contributed by atoms with van der Waals surface area (Å²) in [5.41, 5.74) is 0. The molecule has 4 nitrogen and oxygen atoms in total. The van der Waals surface area contributed by atoms with E-state index >= 15 is 0 Å². The van der Waals surface area contributed by atoms with Crippen LogP contribution in [0.1, 0.15) is 39.5 Å². The van der Waals surface area contributed by atoms with Crippen molar-refractivity contribution < 1.29 is 19.8 Å². The lowest BCUT2D eigenvalue weighted by Crippen LogP contribution is -2.39. The van der Waals surface area contributed by atoms with E-state index in [9.17, 15) is 14.7 Å². The first-order valence-corrected chi connectivity index (χ1v) is 5.89. The second-order valence-electron chi connectivity index (χ2n) is 5.13. The van der Waals surface area contributed by atoms with Gasteiger partial charge in [0.15, 0.2) is 0 Å². The van der Waals surface area contributed by atoms with Crippen molar-refractivity contribution in [1.29, 1.82) is 0 Å². The Balaban J connectivity index is 2.82. The largest absolute Gasteiger partial charge is 0.481 e. The highest BCUT2D eigenvalue weighted by molar-refractivity contribution is 5.80. The number of rotatable bonds is 4. The second-order valence-corrected chi connectivity index (χ2v) is 5.13. The van der Waals surface area contributed by atoms with Crippen LogP contribution < -0.4 is 0 Å². The van der Waals surface area contributed by atoms with E-state index in [-0.39, 0.29) is 5.92 Å². The summed E-state index contributed by atoms with van der Waals surface area (Å²) in [7, 11) is 0. The van der Waals surface area contributed by atoms with Gasteiger partial charge in [-0.3, -0.25) is 9.59 Å². The molecule has 0 aromatic heterocycles. The minimum Gasteiger partial charge on any atom is -0.481 e. The zero-order valence-electron chi connectivity index (χ0n) is 9.85. The maximum Gasteiger partial charge on any atom is 0.307 e. The summed E-state index contributed by atoms with van der Waals surface area (Å²) in [5, 5.41) is 18.2. The van der Waals surface area contributed by atoms with Crippen LogP contribution in [0.15, 0.2) is 0 Å². The summed E-state index contributed by atoms with van der Waals surface area (Å²) in [5.74, 6) is -2.87. The summed E-state index contributed by atoms with van der Waals surface area (Å²) in [6.07, 6.45) is 2.98. The lowest BCUT2D eigenvalue weighted by molar-refractivity contribution is -0.158. The molecule has 3 atom stereocenters. The Hall–Kier alpha value is -1.06. The molecule has 16 heavy (non-hydrogen) atoms. The van der Waals surface area contributed by atoms with Crippen LogP contribution in [0.3, 0.4) is 0 Å². The number of carboxylic acid groups (broad SMARTS) is 2. The fourth-order valence-corrected chi connectivity index (χ4v) is 2.81. The molecule has 0 aliphatic heterocycles. The van der Waals surface area contributed by atoms with Crippen LogP contribution in [0.25, 0.3) is 0 Å². The lowest BCUT2D eigenvalue weighted by Gasteiger charge is -2.34. The van der Waals surface area contributed by atoms with Crippen molar-refractivity contribution >= 4 is 11.9 Å². The molecule has 4 heteroatoms. The van der Waals surface area contributed by atoms with Crippen molar-refractivity contribution in [3.63, 3.8) is 0 Å². The number of aliphatic carboxylic acids is 2. The smallest absolute Gasteiger partial charge is 0.307 e. The van der Waals surface area contributed by atoms with Crippen LogP contribution in [0, 0.1) is 23.7 Å². The average Bonchev–Trinajstić information content (AvgIpc) is 2.15. The molecular formula is C12H20O4. The Kier molecular flexibility index (Phi) is 4.33. The maximum absolute atomic E-state index is 11.2. The molecule has 0 amide bonds. The van der Waals surface area contributed by atoms with Crippen LogP contribution in [0.5, 0.6) is 0 Å². The fraction of sp³-hybridized carbons (Fsp3) is 0.833. The van der Waals surface area contributed by atoms with E-state index in [4.69, 9.17) is 5.11 Å². The number of hydrogen-bond acceptors (Lipinski definition) is 2. The van der Waals surface area contributed by atoms with Crippen LogP contribution in [0.2, 0.25) is 0 Å². The van der Waals surface area contributed by atoms with Crippen molar-refractivity contribution in [2.75, 3.05) is 0 Å². The third-order valence-corrected chi connectivity index (χ3v) is 3.41. The predicted molar refractivity (Wildman–Crippen MR) is 59.0 cm³/mol. The molecule has 92 valence electrons. The molecule has 3 unspecified atom stereocenters. The standard InChI is InChI=1S/C12H20O4/c1-7(2)6-8-4-3-5-9(11(13)14)10(8)12(15)16/h7-10H,3-6H2,1-2H3,(H,13,14)(H,15,16). The van der Waals surface area contributed by atoms with Gasteiger partial charge >= 0.3 is 11.9 Å². The first-order chi connectivity index (χ1) is 7.43. The maximum atomic E-state index is 11.2. The summed E-state index contributed by atoms with van der Waals surface area (Å²) in [4.78, 5) is 22.2. The van der Waals surface area contributed by atoms with Crippen LogP contribution in [-0.4, -0.2) is 22.2 Å². The Bertz CT molecular complexity index is 272. The fourth-order valence-electron chi connectivity index (χ4n) is 2.81. The van der Waals surface area contributed by atoms with Crippen molar-refractivity contribution in [3.05, 3.63) is 0 Å². The molecule has 0 radical (unpaired) electrons. The molecule has 0 spiro atoms. The first kappa shape index (κ1) is 13.0. The third-order valence-electron chi connectivity index (χ3n) is 3.41. The van der Waals surface area contributed by atoms with Gasteiger partial charge in [-0.25, -0.2) is 0 Å². The number of carboxylic acids is 2. The number of hydrogen-bond donors (Lipinski definition) is 2. The van der Waals surface area contributed by atoms with E-state index < -0.39 is 23.8 Å². The quantitative estimate of drug-likeness (QED) is 0.773. The van der Waals surface area contributed by atoms with E-state index in [1.807, 2.05) is 13.8 Å². The highest BCUT2D eigenvalue weighted by Gasteiger charge is 2.42. The third kappa shape index (κ3) is 2.97. The Morgan fingerprint density at radius 3 is 2.25 bits per heavy atom. The summed E-state index contributed by atoms with van der Waals surface area (Å²) >= 11 is 0. The van der Waals surface area contributed by atoms with Gasteiger partial charge in [0.1, 0.15) is 0 Å². The first-order valence-electron chi connectivity index (χ1n) is 5.89. The van der Waals surface area contributed by atoms with Gasteiger partial charge in [0.25, 0.3) is 0 Å². The molecule has 1 saturated carbocycles. The Morgan fingerprint density at radius 1 is 1.19 bits per heavy atom. The topological polar surface area (TPSA) is 74.6 Å². The minimum atomic E-state index is -0.958. The van der Waals surface area contributed by atoms with E-state index in [1.165, 1.54) is 0 Å². The average molecular weight is 228 g/mol. The van der Waals surface area contributed by atoms with Crippen LogP contribution in [0.4, 0.5) is 0 Å². The number of carbonyl (C=O) groups is 2. The monoisotopic (exact) mass is 228 g/mol. The van der Waals surface area contributed by atoms with E-state index in [0.29, 0.717) is 12.3 Å². The SMILES string of the molecule is CC(C)CC1CCCC(C(=O)O)C1C(=O)O. The molecule has 1 aliphatic rings. The van der Waals surface area contributed by atoms with E-state index in [0.717, 1.165) is 19.3 Å². The van der Waals surface area contributed by atoms with Crippen LogP contribution in [-0.2, 0) is 9.59 Å². The predicted octanol–water partition coefficient (Wildman–Crippen LogP) is 2.23. The van der Waals surface area contributed by atoms with Crippen molar-refractivity contribution in [3.8, 4) is 0 Å². The molecule has 1 aliphatic carbocycles. The Morgan fingerprint density at radius 2 is 1.81 bits per heavy atom. The normalized spacial score (nSPS) is 30.3. The highest BCUT2D eigenvalue weighted by Crippen LogP contribution is 2.38. The molecule has 0 saturated heterocycles. The molecule has 1 fully saturated rings. The van der Waals surface area contributed by atoms with E-state index in [2.05, 4.69) is 0 Å². The molecule has 2 N–H and O–H groups in total. The molecule has 0 heterocycles. The van der Waals surface area contributed by atoms with Crippen molar-refractivity contribution in [1.82, 2.24) is 0 Å². The summed E-state index contributed by atoms with van der Waals surface area (Å²) in [6.45, 7) is 4.09. The van der Waals surface area contributed by atoms with Crippen molar-refractivity contribution in [2.24, 2.45) is 23.7 Å². The van der Waals surface area contributed by atoms with E-state index in [1.54, 1.807) is 0 Å². The molecule has 0 bridgehead atoms. The van der Waals surface area contributed by atoms with Gasteiger partial charge in [-0.15, -0.1) is 0 Å². The highest BCUT2D eigenvalue weighted by atomic mass is 16.4. The molecular weight excluding hydrogens is 208 g/mol. The van der Waals surface area contributed by atoms with Gasteiger partial charge < -0.3 is 10.2 Å². The van der Waals surface area contributed by atoms with Crippen molar-refractivity contribution in [2.45, 2.75) is 39.5 Å². The minimum absolute atomic E-state index is 0.0207. The van der Waals surface area contributed by atoms with Gasteiger partial charge in [0.05, 0.1) is 11.8 Å². The van der Waals surface area contributed by atoms with Gasteiger partial charge in [0.2, 0.25) is 0 Å². The zero-order valence-corrected chi connectivity index (χ0v) is 9.85. The second kappa shape index (κ2) is 5.32. The molecule has 1 rings (SSSR count). The molecule has 0 aromatic carbocycles. The Labute approximate surface area is 95.7 Å². The van der Waals surface area contributed by atoms with Gasteiger partial charge in [-0.05, 0) is 31.1 Å². The molecule has 0 aromatic rings. The van der Waals surface area contributed by atoms with Gasteiger partial charge in [-0.2, -0.15) is 0 Å². The summed E-state index contributed by atoms with van der Waals surface area (Å²) in [6, 6.07) is 0. The summed E-state index contributed by atoms with van der Waals surface area (Å²) < 4.78 is 0. The van der Waals surface area contributed by atoms with Crippen LogP contribution >= 0.6 is 0 Å². The zero-order chi connectivity index (χ0) is 12.3. The lowest BCUT2D eigenvalue weighted by atomic mass is 9.69.